The normalized spacial score (nSPS) is 15.7. The molecule has 0 aromatic heterocycles. The summed E-state index contributed by atoms with van der Waals surface area (Å²) in [5, 5.41) is 17.8. The highest BCUT2D eigenvalue weighted by Gasteiger charge is 2.20. The Morgan fingerprint density at radius 1 is 1.44 bits per heavy atom. The summed E-state index contributed by atoms with van der Waals surface area (Å²) in [6, 6.07) is 0. The summed E-state index contributed by atoms with van der Waals surface area (Å²) in [4.78, 5) is 0. The minimum absolute atomic E-state index is 0.158. The van der Waals surface area contributed by atoms with Crippen molar-refractivity contribution in [3.05, 3.63) is 0 Å². The van der Waals surface area contributed by atoms with E-state index in [9.17, 15) is 5.11 Å². The van der Waals surface area contributed by atoms with Crippen molar-refractivity contribution in [2.24, 2.45) is 5.92 Å². The lowest BCUT2D eigenvalue weighted by Crippen LogP contribution is -2.29. The van der Waals surface area contributed by atoms with Gasteiger partial charge in [-0.05, 0) is 26.2 Å². The van der Waals surface area contributed by atoms with Gasteiger partial charge < -0.3 is 10.2 Å². The molecule has 2 N–H and O–H groups in total. The van der Waals surface area contributed by atoms with E-state index in [0.29, 0.717) is 6.42 Å². The summed E-state index contributed by atoms with van der Waals surface area (Å²) in [5.74, 6) is 0.169. The van der Waals surface area contributed by atoms with E-state index in [-0.39, 0.29) is 12.5 Å². The van der Waals surface area contributed by atoms with E-state index in [1.165, 1.54) is 0 Å². The van der Waals surface area contributed by atoms with Crippen LogP contribution in [0.3, 0.4) is 0 Å². The number of aliphatic hydroxyl groups is 2. The molecular formula is C7H16O2. The Labute approximate surface area is 56.5 Å². The Kier molecular flexibility index (Phi) is 3.15. The van der Waals surface area contributed by atoms with Crippen LogP contribution in [0.25, 0.3) is 0 Å². The molecule has 0 rings (SSSR count). The first-order valence-electron chi connectivity index (χ1n) is 3.31. The van der Waals surface area contributed by atoms with Crippen molar-refractivity contribution < 1.29 is 10.2 Å². The van der Waals surface area contributed by atoms with Crippen LogP contribution in [0.4, 0.5) is 0 Å². The maximum atomic E-state index is 9.31. The zero-order valence-electron chi connectivity index (χ0n) is 6.39. The molecule has 0 heterocycles. The molecule has 2 heteroatoms. The van der Waals surface area contributed by atoms with Crippen molar-refractivity contribution >= 4 is 0 Å². The lowest BCUT2D eigenvalue weighted by molar-refractivity contribution is 0.0145. The van der Waals surface area contributed by atoms with E-state index in [0.717, 1.165) is 0 Å². The second-order valence-electron chi connectivity index (χ2n) is 3.07. The Hall–Kier alpha value is -0.0800. The Morgan fingerprint density at radius 2 is 1.89 bits per heavy atom. The van der Waals surface area contributed by atoms with Gasteiger partial charge in [-0.15, -0.1) is 0 Å². The predicted octanol–water partition coefficient (Wildman–Crippen LogP) is 0.776. The van der Waals surface area contributed by atoms with Gasteiger partial charge in [-0.2, -0.15) is 0 Å². The highest BCUT2D eigenvalue weighted by atomic mass is 16.3. The van der Waals surface area contributed by atoms with E-state index in [2.05, 4.69) is 0 Å². The van der Waals surface area contributed by atoms with Crippen molar-refractivity contribution in [1.82, 2.24) is 0 Å². The van der Waals surface area contributed by atoms with Gasteiger partial charge in [0.05, 0.1) is 5.60 Å². The Balaban J connectivity index is 3.59. The molecule has 0 unspecified atom stereocenters. The fraction of sp³-hybridized carbons (Fsp3) is 1.00. The summed E-state index contributed by atoms with van der Waals surface area (Å²) >= 11 is 0. The zero-order valence-corrected chi connectivity index (χ0v) is 6.39. The summed E-state index contributed by atoms with van der Waals surface area (Å²) in [5.41, 5.74) is -0.650. The maximum absolute atomic E-state index is 9.31. The fourth-order valence-electron chi connectivity index (χ4n) is 0.547. The Morgan fingerprint density at radius 3 is 2.00 bits per heavy atom. The van der Waals surface area contributed by atoms with Gasteiger partial charge in [-0.1, -0.05) is 6.92 Å². The maximum Gasteiger partial charge on any atom is 0.0618 e. The molecule has 0 saturated heterocycles. The molecule has 56 valence electrons. The minimum Gasteiger partial charge on any atom is -0.396 e. The van der Waals surface area contributed by atoms with Crippen LogP contribution < -0.4 is 0 Å². The van der Waals surface area contributed by atoms with Crippen molar-refractivity contribution in [2.75, 3.05) is 6.61 Å². The second kappa shape index (κ2) is 3.18. The third kappa shape index (κ3) is 3.49. The van der Waals surface area contributed by atoms with Gasteiger partial charge in [0.25, 0.3) is 0 Å². The van der Waals surface area contributed by atoms with Crippen LogP contribution in [0.15, 0.2) is 0 Å². The second-order valence-corrected chi connectivity index (χ2v) is 3.07. The third-order valence-corrected chi connectivity index (χ3v) is 1.77. The number of hydrogen-bond acceptors (Lipinski definition) is 2. The van der Waals surface area contributed by atoms with Crippen LogP contribution in [0.5, 0.6) is 0 Å². The van der Waals surface area contributed by atoms with Crippen molar-refractivity contribution in [1.29, 1.82) is 0 Å². The molecular weight excluding hydrogens is 116 g/mol. The molecule has 9 heavy (non-hydrogen) atoms. The van der Waals surface area contributed by atoms with E-state index >= 15 is 0 Å². The van der Waals surface area contributed by atoms with Crippen LogP contribution in [0.2, 0.25) is 0 Å². The average molecular weight is 132 g/mol. The molecule has 0 fully saturated rings. The predicted molar refractivity (Wildman–Crippen MR) is 37.2 cm³/mol. The third-order valence-electron chi connectivity index (χ3n) is 1.77. The van der Waals surface area contributed by atoms with E-state index < -0.39 is 5.60 Å². The molecule has 0 aromatic carbocycles. The largest absolute Gasteiger partial charge is 0.396 e. The molecule has 0 aliphatic rings. The van der Waals surface area contributed by atoms with Crippen LogP contribution in [-0.2, 0) is 0 Å². The smallest absolute Gasteiger partial charge is 0.0618 e. The molecule has 0 amide bonds. The molecule has 0 spiro atoms. The molecule has 0 aromatic rings. The molecule has 2 nitrogen and oxygen atoms in total. The van der Waals surface area contributed by atoms with Crippen LogP contribution in [0, 0.1) is 5.92 Å². The quantitative estimate of drug-likeness (QED) is 0.595. The van der Waals surface area contributed by atoms with Gasteiger partial charge in [0.1, 0.15) is 0 Å². The monoisotopic (exact) mass is 132 g/mol. The number of hydrogen-bond donors (Lipinski definition) is 2. The molecule has 0 saturated carbocycles. The SMILES string of the molecule is C[C@H](CCO)C(C)(C)O. The fourth-order valence-corrected chi connectivity index (χ4v) is 0.547. The average Bonchev–Trinajstić information content (AvgIpc) is 1.64. The summed E-state index contributed by atoms with van der Waals surface area (Å²) in [6.45, 7) is 5.60. The Bertz CT molecular complexity index is 73.5. The zero-order chi connectivity index (χ0) is 7.49. The van der Waals surface area contributed by atoms with Gasteiger partial charge in [-0.3, -0.25) is 0 Å². The van der Waals surface area contributed by atoms with Crippen LogP contribution in [-0.4, -0.2) is 22.4 Å². The molecule has 1 atom stereocenters. The number of aliphatic hydroxyl groups excluding tert-OH is 1. The van der Waals surface area contributed by atoms with Crippen molar-refractivity contribution in [2.45, 2.75) is 32.8 Å². The first-order valence-corrected chi connectivity index (χ1v) is 3.31. The number of rotatable bonds is 3. The van der Waals surface area contributed by atoms with Gasteiger partial charge >= 0.3 is 0 Å². The van der Waals surface area contributed by atoms with Crippen LogP contribution >= 0.6 is 0 Å². The molecule has 0 aliphatic heterocycles. The molecule has 0 aliphatic carbocycles. The molecule has 0 radical (unpaired) electrons. The highest BCUT2D eigenvalue weighted by molar-refractivity contribution is 4.72. The van der Waals surface area contributed by atoms with Crippen molar-refractivity contribution in [3.8, 4) is 0 Å². The van der Waals surface area contributed by atoms with Gasteiger partial charge in [-0.25, -0.2) is 0 Å². The molecule has 0 bridgehead atoms. The highest BCUT2D eigenvalue weighted by Crippen LogP contribution is 2.17. The van der Waals surface area contributed by atoms with Gasteiger partial charge in [0.15, 0.2) is 0 Å². The summed E-state index contributed by atoms with van der Waals surface area (Å²) in [6.07, 6.45) is 0.670. The lowest BCUT2D eigenvalue weighted by atomic mass is 9.90. The summed E-state index contributed by atoms with van der Waals surface area (Å²) < 4.78 is 0. The first-order chi connectivity index (χ1) is 3.98. The topological polar surface area (TPSA) is 40.5 Å². The van der Waals surface area contributed by atoms with E-state index in [1.54, 1.807) is 13.8 Å². The van der Waals surface area contributed by atoms with Crippen LogP contribution in [0.1, 0.15) is 27.2 Å². The van der Waals surface area contributed by atoms with E-state index in [1.807, 2.05) is 6.92 Å². The summed E-state index contributed by atoms with van der Waals surface area (Å²) in [7, 11) is 0. The van der Waals surface area contributed by atoms with E-state index in [4.69, 9.17) is 5.11 Å². The first kappa shape index (κ1) is 8.92. The standard InChI is InChI=1S/C7H16O2/c1-6(4-5-8)7(2,3)9/h6,8-9H,4-5H2,1-3H3/t6-/m1/s1. The van der Waals surface area contributed by atoms with Gasteiger partial charge in [0.2, 0.25) is 0 Å². The lowest BCUT2D eigenvalue weighted by Gasteiger charge is -2.24. The van der Waals surface area contributed by atoms with Gasteiger partial charge in [0, 0.05) is 6.61 Å². The van der Waals surface area contributed by atoms with Crippen molar-refractivity contribution in [3.63, 3.8) is 0 Å². The minimum atomic E-state index is -0.650.